The highest BCUT2D eigenvalue weighted by Gasteiger charge is 2.17. The van der Waals surface area contributed by atoms with Crippen molar-refractivity contribution in [3.05, 3.63) is 199 Å². The van der Waals surface area contributed by atoms with E-state index < -0.39 is 0 Å². The molecule has 2 heterocycles. The Kier molecular flexibility index (Phi) is 9.87. The van der Waals surface area contributed by atoms with Gasteiger partial charge in [-0.3, -0.25) is 0 Å². The van der Waals surface area contributed by atoms with E-state index in [0.29, 0.717) is 40.6 Å². The predicted molar refractivity (Wildman–Crippen MR) is 228 cm³/mol. The maximum Gasteiger partial charge on any atom is 0.187 e. The fraction of sp³-hybridized carbons (Fsp3) is 0. The summed E-state index contributed by atoms with van der Waals surface area (Å²) in [5.41, 5.74) is 8.03. The normalized spacial score (nSPS) is 10.9. The summed E-state index contributed by atoms with van der Waals surface area (Å²) in [5.74, 6) is 3.61. The zero-order valence-corrected chi connectivity index (χ0v) is 31.3. The first-order valence-electron chi connectivity index (χ1n) is 18.3. The molecule has 268 valence electrons. The number of nitrogens with zero attached hydrogens (tertiary/aromatic N) is 7. The first-order chi connectivity index (χ1) is 28.2. The quantitative estimate of drug-likeness (QED) is 0.136. The standard InChI is InChI=1S/C49H31N7S/c1-50-40-21-13-20-39(32-40)33-24-26-37(27-25-33)48-54-46(36-18-9-4-10-19-36)55-49(56-48)42-22-11-12-23-43(42)57-41-30-28-38(29-31-41)47-52-44(34-14-5-2-6-15-34)51-45(53-47)35-16-7-3-8-17-35/h2-32H. The lowest BCUT2D eigenvalue weighted by molar-refractivity contribution is 1.07. The summed E-state index contributed by atoms with van der Waals surface area (Å²) in [7, 11) is 0. The second-order valence-corrected chi connectivity index (χ2v) is 14.2. The maximum atomic E-state index is 7.41. The van der Waals surface area contributed by atoms with Crippen LogP contribution in [0.3, 0.4) is 0 Å². The Bertz CT molecular complexity index is 2800. The van der Waals surface area contributed by atoms with Crippen LogP contribution in [0.25, 0.3) is 84.3 Å². The summed E-state index contributed by atoms with van der Waals surface area (Å²) < 4.78 is 0. The zero-order chi connectivity index (χ0) is 38.4. The van der Waals surface area contributed by atoms with E-state index in [1.54, 1.807) is 11.8 Å². The fourth-order valence-electron chi connectivity index (χ4n) is 6.39. The van der Waals surface area contributed by atoms with Gasteiger partial charge in [-0.05, 0) is 35.4 Å². The van der Waals surface area contributed by atoms with E-state index >= 15 is 0 Å². The number of benzene rings is 7. The number of hydrogen-bond donors (Lipinski definition) is 0. The summed E-state index contributed by atoms with van der Waals surface area (Å²) in [6.07, 6.45) is 0. The van der Waals surface area contributed by atoms with Crippen molar-refractivity contribution in [2.24, 2.45) is 0 Å². The van der Waals surface area contributed by atoms with Crippen LogP contribution in [-0.2, 0) is 0 Å². The van der Waals surface area contributed by atoms with Crippen LogP contribution in [0.4, 0.5) is 5.69 Å². The molecule has 0 atom stereocenters. The number of rotatable bonds is 9. The SMILES string of the molecule is [C-]#[N+]c1cccc(-c2ccc(-c3nc(-c4ccccc4)nc(-c4ccccc4Sc4ccc(-c5nc(-c6ccccc6)nc(-c6ccccc6)n5)cc4)n3)cc2)c1. The van der Waals surface area contributed by atoms with Crippen molar-refractivity contribution in [2.45, 2.75) is 9.79 Å². The van der Waals surface area contributed by atoms with Crippen LogP contribution in [0.1, 0.15) is 0 Å². The number of aromatic nitrogens is 6. The lowest BCUT2D eigenvalue weighted by Crippen LogP contribution is -2.01. The summed E-state index contributed by atoms with van der Waals surface area (Å²) in [6.45, 7) is 7.41. The third-order valence-electron chi connectivity index (χ3n) is 9.29. The number of hydrogen-bond acceptors (Lipinski definition) is 7. The summed E-state index contributed by atoms with van der Waals surface area (Å²) in [6, 6.07) is 62.2. The van der Waals surface area contributed by atoms with Gasteiger partial charge in [-0.25, -0.2) is 34.7 Å². The Morgan fingerprint density at radius 3 is 1.21 bits per heavy atom. The van der Waals surface area contributed by atoms with Crippen molar-refractivity contribution < 1.29 is 0 Å². The molecule has 0 amide bonds. The van der Waals surface area contributed by atoms with Gasteiger partial charge in [-0.2, -0.15) is 0 Å². The van der Waals surface area contributed by atoms with E-state index in [-0.39, 0.29) is 0 Å². The first-order valence-corrected chi connectivity index (χ1v) is 19.1. The van der Waals surface area contributed by atoms with Gasteiger partial charge in [0.25, 0.3) is 0 Å². The summed E-state index contributed by atoms with van der Waals surface area (Å²) in [4.78, 5) is 35.3. The molecular weight excluding hydrogens is 719 g/mol. The van der Waals surface area contributed by atoms with Crippen LogP contribution < -0.4 is 0 Å². The highest BCUT2D eigenvalue weighted by Crippen LogP contribution is 2.37. The lowest BCUT2D eigenvalue weighted by atomic mass is 10.0. The van der Waals surface area contributed by atoms with E-state index in [2.05, 4.69) is 41.2 Å². The monoisotopic (exact) mass is 749 g/mol. The van der Waals surface area contributed by atoms with Gasteiger partial charge in [-0.15, -0.1) is 0 Å². The summed E-state index contributed by atoms with van der Waals surface area (Å²) >= 11 is 1.64. The minimum Gasteiger partial charge on any atom is -0.238 e. The molecule has 7 aromatic carbocycles. The van der Waals surface area contributed by atoms with E-state index in [4.69, 9.17) is 36.5 Å². The molecule has 0 radical (unpaired) electrons. The van der Waals surface area contributed by atoms with Crippen LogP contribution in [0.15, 0.2) is 198 Å². The van der Waals surface area contributed by atoms with Crippen LogP contribution >= 0.6 is 11.8 Å². The molecule has 0 saturated heterocycles. The molecular formula is C49H31N7S. The Morgan fingerprint density at radius 2 is 0.719 bits per heavy atom. The van der Waals surface area contributed by atoms with Gasteiger partial charge in [-0.1, -0.05) is 176 Å². The molecule has 0 saturated carbocycles. The van der Waals surface area contributed by atoms with Gasteiger partial charge in [0.2, 0.25) is 0 Å². The van der Waals surface area contributed by atoms with Crippen molar-refractivity contribution >= 4 is 17.4 Å². The van der Waals surface area contributed by atoms with Crippen molar-refractivity contribution in [3.8, 4) is 79.5 Å². The Hall–Kier alpha value is -7.60. The molecule has 0 aliphatic rings. The van der Waals surface area contributed by atoms with Crippen molar-refractivity contribution in [2.75, 3.05) is 0 Å². The van der Waals surface area contributed by atoms with Gasteiger partial charge < -0.3 is 0 Å². The van der Waals surface area contributed by atoms with Crippen LogP contribution in [0.5, 0.6) is 0 Å². The Balaban J connectivity index is 1.05. The van der Waals surface area contributed by atoms with E-state index in [1.165, 1.54) is 0 Å². The minimum absolute atomic E-state index is 0.576. The van der Waals surface area contributed by atoms with Gasteiger partial charge in [0.05, 0.1) is 6.57 Å². The Labute approximate surface area is 334 Å². The molecule has 9 rings (SSSR count). The molecule has 57 heavy (non-hydrogen) atoms. The van der Waals surface area contributed by atoms with Gasteiger partial charge in [0.15, 0.2) is 40.6 Å². The topological polar surface area (TPSA) is 81.7 Å². The van der Waals surface area contributed by atoms with Crippen molar-refractivity contribution in [1.82, 2.24) is 29.9 Å². The van der Waals surface area contributed by atoms with E-state index in [9.17, 15) is 0 Å². The van der Waals surface area contributed by atoms with Gasteiger partial charge in [0.1, 0.15) is 0 Å². The predicted octanol–water partition coefficient (Wildman–Crippen LogP) is 12.4. The van der Waals surface area contributed by atoms with E-state index in [0.717, 1.165) is 54.3 Å². The molecule has 8 heteroatoms. The molecule has 0 fully saturated rings. The van der Waals surface area contributed by atoms with E-state index in [1.807, 2.05) is 152 Å². The van der Waals surface area contributed by atoms with Crippen LogP contribution in [0.2, 0.25) is 0 Å². The molecule has 0 aliphatic carbocycles. The molecule has 9 aromatic rings. The van der Waals surface area contributed by atoms with Gasteiger partial charge in [0, 0.05) is 43.2 Å². The molecule has 2 aromatic heterocycles. The van der Waals surface area contributed by atoms with Crippen LogP contribution in [-0.4, -0.2) is 29.9 Å². The third kappa shape index (κ3) is 7.82. The van der Waals surface area contributed by atoms with Crippen molar-refractivity contribution in [1.29, 1.82) is 0 Å². The van der Waals surface area contributed by atoms with Crippen LogP contribution in [0, 0.1) is 6.57 Å². The largest absolute Gasteiger partial charge is 0.238 e. The lowest BCUT2D eigenvalue weighted by Gasteiger charge is -2.12. The maximum absolute atomic E-state index is 7.41. The molecule has 0 unspecified atom stereocenters. The second kappa shape index (κ2) is 16.0. The average molecular weight is 750 g/mol. The molecule has 0 bridgehead atoms. The second-order valence-electron chi connectivity index (χ2n) is 13.1. The highest BCUT2D eigenvalue weighted by atomic mass is 32.2. The molecule has 0 N–H and O–H groups in total. The Morgan fingerprint density at radius 1 is 0.333 bits per heavy atom. The average Bonchev–Trinajstić information content (AvgIpc) is 3.30. The molecule has 0 spiro atoms. The smallest absolute Gasteiger partial charge is 0.187 e. The molecule has 7 nitrogen and oxygen atoms in total. The highest BCUT2D eigenvalue weighted by molar-refractivity contribution is 7.99. The van der Waals surface area contributed by atoms with Crippen molar-refractivity contribution in [3.63, 3.8) is 0 Å². The summed E-state index contributed by atoms with van der Waals surface area (Å²) in [5, 5.41) is 0. The third-order valence-corrected chi connectivity index (χ3v) is 10.4. The van der Waals surface area contributed by atoms with Gasteiger partial charge >= 0.3 is 0 Å². The molecule has 0 aliphatic heterocycles. The minimum atomic E-state index is 0.576. The fourth-order valence-corrected chi connectivity index (χ4v) is 7.33. The first kappa shape index (κ1) is 35.1. The zero-order valence-electron chi connectivity index (χ0n) is 30.4.